The van der Waals surface area contributed by atoms with E-state index in [0.29, 0.717) is 23.6 Å². The second-order valence-corrected chi connectivity index (χ2v) is 11.1. The van der Waals surface area contributed by atoms with Crippen molar-refractivity contribution >= 4 is 29.3 Å². The lowest BCUT2D eigenvalue weighted by Crippen LogP contribution is -2.43. The molecule has 2 aliphatic heterocycles. The molecule has 1 fully saturated rings. The predicted molar refractivity (Wildman–Crippen MR) is 155 cm³/mol. The van der Waals surface area contributed by atoms with Crippen molar-refractivity contribution < 1.29 is 9.90 Å². The van der Waals surface area contributed by atoms with E-state index in [2.05, 4.69) is 49.8 Å². The lowest BCUT2D eigenvalue weighted by Gasteiger charge is -2.40. The number of hydrogen-bond donors (Lipinski definition) is 3. The zero-order valence-corrected chi connectivity index (χ0v) is 23.4. The second-order valence-electron chi connectivity index (χ2n) is 11.1. The number of pyridine rings is 2. The molecule has 0 spiro atoms. The summed E-state index contributed by atoms with van der Waals surface area (Å²) < 4.78 is 2.05. The van der Waals surface area contributed by atoms with E-state index in [4.69, 9.17) is 4.98 Å². The summed E-state index contributed by atoms with van der Waals surface area (Å²) in [5.74, 6) is 0.597. The first kappa shape index (κ1) is 26.6. The van der Waals surface area contributed by atoms with E-state index in [1.807, 2.05) is 46.0 Å². The number of carbonyl (C=O) groups is 1. The van der Waals surface area contributed by atoms with Gasteiger partial charge in [0, 0.05) is 66.7 Å². The third-order valence-corrected chi connectivity index (χ3v) is 8.09. The van der Waals surface area contributed by atoms with Gasteiger partial charge in [0.2, 0.25) is 0 Å². The Labute approximate surface area is 229 Å². The van der Waals surface area contributed by atoms with Crippen molar-refractivity contribution in [1.82, 2.24) is 24.8 Å². The number of rotatable bonds is 7. The van der Waals surface area contributed by atoms with Gasteiger partial charge in [-0.1, -0.05) is 0 Å². The molecule has 0 unspecified atom stereocenters. The molecule has 3 aromatic rings. The molecule has 0 radical (unpaired) electrons. The average Bonchev–Trinajstić information content (AvgIpc) is 3.45. The number of piperidine rings is 1. The van der Waals surface area contributed by atoms with Gasteiger partial charge in [-0.15, -0.1) is 0 Å². The molecule has 0 bridgehead atoms. The molecule has 1 amide bonds. The van der Waals surface area contributed by atoms with Gasteiger partial charge in [-0.05, 0) is 71.5 Å². The number of likely N-dealkylation sites (tertiary alicyclic amines) is 1. The summed E-state index contributed by atoms with van der Waals surface area (Å²) in [6.07, 6.45) is 9.40. The third-order valence-electron chi connectivity index (χ3n) is 8.09. The maximum atomic E-state index is 12.9. The molecule has 1 atom stereocenters. The van der Waals surface area contributed by atoms with Gasteiger partial charge in [-0.3, -0.25) is 9.78 Å². The SMILES string of the molecule is C=N/C(=C\C=C(/C)N1CCC[C@H](C(C)(C)O)C1)Nc1cnc(-c2ccnc3c2cc(C)n3C)c2c1C(=O)NC2. The van der Waals surface area contributed by atoms with E-state index < -0.39 is 5.60 Å². The summed E-state index contributed by atoms with van der Waals surface area (Å²) in [6.45, 7) is 13.8. The molecule has 39 heavy (non-hydrogen) atoms. The molecular formula is C30H37N7O2. The molecule has 0 saturated carbocycles. The molecule has 0 aliphatic carbocycles. The van der Waals surface area contributed by atoms with Crippen LogP contribution < -0.4 is 10.6 Å². The number of anilines is 1. The van der Waals surface area contributed by atoms with Crippen LogP contribution in [0.25, 0.3) is 22.3 Å². The highest BCUT2D eigenvalue weighted by molar-refractivity contribution is 6.06. The van der Waals surface area contributed by atoms with Crippen molar-refractivity contribution in [3.8, 4) is 11.3 Å². The summed E-state index contributed by atoms with van der Waals surface area (Å²) in [5.41, 5.74) is 6.08. The van der Waals surface area contributed by atoms with Crippen molar-refractivity contribution in [1.29, 1.82) is 0 Å². The van der Waals surface area contributed by atoms with Crippen LogP contribution in [0, 0.1) is 12.8 Å². The Kier molecular flexibility index (Phi) is 7.03. The number of aliphatic hydroxyl groups is 1. The van der Waals surface area contributed by atoms with Gasteiger partial charge in [-0.2, -0.15) is 0 Å². The topological polar surface area (TPSA) is 108 Å². The fourth-order valence-corrected chi connectivity index (χ4v) is 5.57. The van der Waals surface area contributed by atoms with E-state index in [-0.39, 0.29) is 11.8 Å². The smallest absolute Gasteiger partial charge is 0.254 e. The minimum Gasteiger partial charge on any atom is -0.390 e. The minimum absolute atomic E-state index is 0.146. The first-order valence-electron chi connectivity index (χ1n) is 13.4. The number of amides is 1. The molecule has 9 nitrogen and oxygen atoms in total. The standard InChI is InChI=1S/C30H37N7O2/c1-18(37-13-7-8-20(17-37)30(3,4)39)9-10-25(31-5)35-24-16-33-27(23-15-34-29(38)26(23)24)21-11-12-32-28-22(21)14-19(2)36(28)6/h9-12,14,16,20,35,39H,5,7-8,13,15,17H2,1-4,6H3,(H,34,38)/b18-9+,25-10+/t20-/m0/s1. The fraction of sp³-hybridized carbons (Fsp3) is 0.400. The summed E-state index contributed by atoms with van der Waals surface area (Å²) in [5, 5.41) is 17.7. The number of aromatic nitrogens is 3. The number of nitrogens with one attached hydrogen (secondary N) is 2. The van der Waals surface area contributed by atoms with Crippen LogP contribution in [0.1, 0.15) is 55.2 Å². The Morgan fingerprint density at radius 3 is 2.87 bits per heavy atom. The van der Waals surface area contributed by atoms with Crippen LogP contribution in [0.5, 0.6) is 0 Å². The summed E-state index contributed by atoms with van der Waals surface area (Å²) >= 11 is 0. The number of fused-ring (bicyclic) bond motifs is 2. The first-order chi connectivity index (χ1) is 18.6. The van der Waals surface area contributed by atoms with Gasteiger partial charge in [0.05, 0.1) is 28.7 Å². The summed E-state index contributed by atoms with van der Waals surface area (Å²) in [4.78, 5) is 28.8. The summed E-state index contributed by atoms with van der Waals surface area (Å²) in [6, 6.07) is 4.05. The van der Waals surface area contributed by atoms with E-state index in [0.717, 1.165) is 65.2 Å². The van der Waals surface area contributed by atoms with Crippen molar-refractivity contribution in [2.75, 3.05) is 18.4 Å². The van der Waals surface area contributed by atoms with E-state index in [9.17, 15) is 9.90 Å². The highest BCUT2D eigenvalue weighted by Crippen LogP contribution is 2.36. The van der Waals surface area contributed by atoms with E-state index in [1.54, 1.807) is 12.4 Å². The maximum absolute atomic E-state index is 12.9. The average molecular weight is 528 g/mol. The van der Waals surface area contributed by atoms with Crippen LogP contribution in [0.15, 0.2) is 53.2 Å². The summed E-state index contributed by atoms with van der Waals surface area (Å²) in [7, 11) is 1.99. The molecule has 3 aromatic heterocycles. The van der Waals surface area contributed by atoms with Crippen molar-refractivity contribution in [3.63, 3.8) is 0 Å². The second kappa shape index (κ2) is 10.3. The number of hydrogen-bond acceptors (Lipinski definition) is 7. The fourth-order valence-electron chi connectivity index (χ4n) is 5.57. The maximum Gasteiger partial charge on any atom is 0.254 e. The van der Waals surface area contributed by atoms with Crippen molar-refractivity contribution in [3.05, 3.63) is 65.0 Å². The normalized spacial score (nSPS) is 18.4. The lowest BCUT2D eigenvalue weighted by atomic mass is 9.84. The van der Waals surface area contributed by atoms with Crippen LogP contribution in [-0.4, -0.2) is 55.9 Å². The first-order valence-corrected chi connectivity index (χ1v) is 13.4. The van der Waals surface area contributed by atoms with Crippen molar-refractivity contribution in [2.24, 2.45) is 18.0 Å². The van der Waals surface area contributed by atoms with Crippen molar-refractivity contribution in [2.45, 2.75) is 52.7 Å². The predicted octanol–water partition coefficient (Wildman–Crippen LogP) is 4.53. The Morgan fingerprint density at radius 1 is 1.33 bits per heavy atom. The number of nitrogens with zero attached hydrogens (tertiary/aromatic N) is 5. The Hall–Kier alpha value is -3.98. The lowest BCUT2D eigenvalue weighted by molar-refractivity contribution is -0.0120. The van der Waals surface area contributed by atoms with Crippen LogP contribution in [0.3, 0.4) is 0 Å². The Balaban J connectivity index is 1.44. The van der Waals surface area contributed by atoms with Gasteiger partial charge in [0.1, 0.15) is 11.5 Å². The minimum atomic E-state index is -0.703. The number of allylic oxidation sites excluding steroid dienone is 3. The van der Waals surface area contributed by atoms with Gasteiger partial charge < -0.3 is 25.2 Å². The van der Waals surface area contributed by atoms with Gasteiger partial charge in [0.25, 0.3) is 5.91 Å². The number of aliphatic imine (C=N–C) groups is 1. The zero-order valence-electron chi connectivity index (χ0n) is 23.4. The molecule has 5 heterocycles. The molecule has 2 aliphatic rings. The van der Waals surface area contributed by atoms with Crippen LogP contribution in [0.2, 0.25) is 0 Å². The largest absolute Gasteiger partial charge is 0.390 e. The van der Waals surface area contributed by atoms with Crippen LogP contribution >= 0.6 is 0 Å². The van der Waals surface area contributed by atoms with Gasteiger partial charge in [0.15, 0.2) is 0 Å². The highest BCUT2D eigenvalue weighted by Gasteiger charge is 2.31. The molecule has 9 heteroatoms. The van der Waals surface area contributed by atoms with E-state index >= 15 is 0 Å². The van der Waals surface area contributed by atoms with Crippen LogP contribution in [0.4, 0.5) is 5.69 Å². The van der Waals surface area contributed by atoms with Crippen LogP contribution in [-0.2, 0) is 13.6 Å². The molecule has 5 rings (SSSR count). The monoisotopic (exact) mass is 527 g/mol. The zero-order chi connectivity index (χ0) is 27.9. The molecular weight excluding hydrogens is 490 g/mol. The van der Waals surface area contributed by atoms with Gasteiger partial charge in [-0.25, -0.2) is 9.98 Å². The third kappa shape index (κ3) is 5.06. The Morgan fingerprint density at radius 2 is 2.13 bits per heavy atom. The molecule has 1 saturated heterocycles. The Bertz CT molecular complexity index is 1510. The molecule has 204 valence electrons. The number of aryl methyl sites for hydroxylation is 2. The molecule has 0 aromatic carbocycles. The van der Waals surface area contributed by atoms with E-state index in [1.165, 1.54) is 0 Å². The quantitative estimate of drug-likeness (QED) is 0.308. The highest BCUT2D eigenvalue weighted by atomic mass is 16.3. The van der Waals surface area contributed by atoms with Gasteiger partial charge >= 0.3 is 0 Å². The molecule has 3 N–H and O–H groups in total. The number of carbonyl (C=O) groups excluding carboxylic acids is 1.